The molecule has 14 heavy (non-hydrogen) atoms. The first kappa shape index (κ1) is 10.8. The number of aliphatic hydroxyl groups excluding tert-OH is 2. The summed E-state index contributed by atoms with van der Waals surface area (Å²) in [6, 6.07) is 6.51. The minimum Gasteiger partial charge on any atom is -0.508 e. The fraction of sp³-hybridized carbons (Fsp3) is 0.273. The van der Waals surface area contributed by atoms with Gasteiger partial charge in [-0.15, -0.1) is 6.58 Å². The summed E-state index contributed by atoms with van der Waals surface area (Å²) >= 11 is 0. The number of hydrogen-bond donors (Lipinski definition) is 3. The van der Waals surface area contributed by atoms with Gasteiger partial charge in [0.2, 0.25) is 0 Å². The number of hydrogen-bond acceptors (Lipinski definition) is 3. The average molecular weight is 194 g/mol. The first-order valence-corrected chi connectivity index (χ1v) is 4.40. The van der Waals surface area contributed by atoms with Gasteiger partial charge in [-0.3, -0.25) is 0 Å². The lowest BCUT2D eigenvalue weighted by Crippen LogP contribution is -2.14. The van der Waals surface area contributed by atoms with Gasteiger partial charge in [0.25, 0.3) is 0 Å². The highest BCUT2D eigenvalue weighted by Crippen LogP contribution is 2.29. The predicted molar refractivity (Wildman–Crippen MR) is 53.8 cm³/mol. The van der Waals surface area contributed by atoms with Crippen LogP contribution in [0.2, 0.25) is 0 Å². The zero-order valence-corrected chi connectivity index (χ0v) is 7.80. The molecule has 3 nitrogen and oxygen atoms in total. The quantitative estimate of drug-likeness (QED) is 0.631. The monoisotopic (exact) mass is 194 g/mol. The van der Waals surface area contributed by atoms with Gasteiger partial charge in [0.05, 0.1) is 12.7 Å². The maximum atomic E-state index is 9.77. The minimum atomic E-state index is -0.918. The van der Waals surface area contributed by atoms with Crippen LogP contribution < -0.4 is 0 Å². The van der Waals surface area contributed by atoms with Gasteiger partial charge in [-0.1, -0.05) is 24.3 Å². The van der Waals surface area contributed by atoms with Gasteiger partial charge in [-0.2, -0.15) is 0 Å². The molecular formula is C11H14O3. The maximum absolute atomic E-state index is 9.77. The molecule has 0 spiro atoms. The zero-order chi connectivity index (χ0) is 10.6. The van der Waals surface area contributed by atoms with Gasteiger partial charge < -0.3 is 15.3 Å². The summed E-state index contributed by atoms with van der Waals surface area (Å²) in [4.78, 5) is 0. The fourth-order valence-corrected chi connectivity index (χ4v) is 1.27. The molecule has 2 atom stereocenters. The number of para-hydroxylation sites is 1. The van der Waals surface area contributed by atoms with E-state index in [2.05, 4.69) is 6.58 Å². The Morgan fingerprint density at radius 2 is 2.00 bits per heavy atom. The second-order valence-corrected chi connectivity index (χ2v) is 3.09. The highest BCUT2D eigenvalue weighted by Gasteiger charge is 2.19. The van der Waals surface area contributed by atoms with Crippen LogP contribution >= 0.6 is 0 Å². The van der Waals surface area contributed by atoms with E-state index in [0.717, 1.165) is 0 Å². The third-order valence-corrected chi connectivity index (χ3v) is 2.17. The summed E-state index contributed by atoms with van der Waals surface area (Å²) in [5, 5.41) is 28.2. The second-order valence-electron chi connectivity index (χ2n) is 3.09. The van der Waals surface area contributed by atoms with Crippen molar-refractivity contribution in [3.63, 3.8) is 0 Å². The normalized spacial score (nSPS) is 14.7. The molecule has 0 aliphatic carbocycles. The van der Waals surface area contributed by atoms with E-state index in [1.54, 1.807) is 18.2 Å². The lowest BCUT2D eigenvalue weighted by atomic mass is 9.96. The fourth-order valence-electron chi connectivity index (χ4n) is 1.27. The molecule has 1 aromatic rings. The highest BCUT2D eigenvalue weighted by atomic mass is 16.3. The van der Waals surface area contributed by atoms with Gasteiger partial charge in [-0.05, 0) is 6.07 Å². The van der Waals surface area contributed by atoms with Crippen molar-refractivity contribution in [2.24, 2.45) is 5.92 Å². The first-order valence-electron chi connectivity index (χ1n) is 4.40. The molecule has 0 unspecified atom stereocenters. The van der Waals surface area contributed by atoms with Crippen LogP contribution in [0.4, 0.5) is 0 Å². The maximum Gasteiger partial charge on any atom is 0.121 e. The molecule has 0 aromatic heterocycles. The Kier molecular flexibility index (Phi) is 3.68. The van der Waals surface area contributed by atoms with E-state index in [4.69, 9.17) is 5.11 Å². The summed E-state index contributed by atoms with van der Waals surface area (Å²) < 4.78 is 0. The zero-order valence-electron chi connectivity index (χ0n) is 7.80. The van der Waals surface area contributed by atoms with E-state index < -0.39 is 12.0 Å². The lowest BCUT2D eigenvalue weighted by molar-refractivity contribution is 0.0901. The van der Waals surface area contributed by atoms with Crippen molar-refractivity contribution in [3.05, 3.63) is 42.5 Å². The molecule has 0 aliphatic heterocycles. The summed E-state index contributed by atoms with van der Waals surface area (Å²) in [5.41, 5.74) is 0.409. The summed E-state index contributed by atoms with van der Waals surface area (Å²) in [5.74, 6) is -0.427. The number of phenols is 1. The predicted octanol–water partition coefficient (Wildman–Crippen LogP) is 1.22. The number of phenolic OH excluding ortho intramolecular Hbond substituents is 1. The number of benzene rings is 1. The number of aliphatic hydroxyl groups is 2. The van der Waals surface area contributed by atoms with Gasteiger partial charge in [-0.25, -0.2) is 0 Å². The summed E-state index contributed by atoms with van der Waals surface area (Å²) in [7, 11) is 0. The molecule has 76 valence electrons. The molecule has 1 rings (SSSR count). The van der Waals surface area contributed by atoms with Crippen LogP contribution in [0.1, 0.15) is 11.7 Å². The van der Waals surface area contributed by atoms with Crippen LogP contribution in [0, 0.1) is 5.92 Å². The Labute approximate surface area is 82.9 Å². The topological polar surface area (TPSA) is 60.7 Å². The van der Waals surface area contributed by atoms with E-state index in [0.29, 0.717) is 5.56 Å². The first-order chi connectivity index (χ1) is 6.70. The molecule has 0 saturated carbocycles. The van der Waals surface area contributed by atoms with Crippen LogP contribution in [0.3, 0.4) is 0 Å². The van der Waals surface area contributed by atoms with Crippen molar-refractivity contribution in [2.45, 2.75) is 6.10 Å². The smallest absolute Gasteiger partial charge is 0.121 e. The lowest BCUT2D eigenvalue weighted by Gasteiger charge is -2.18. The van der Waals surface area contributed by atoms with Crippen LogP contribution in [0.5, 0.6) is 5.75 Å². The molecule has 0 aliphatic rings. The van der Waals surface area contributed by atoms with Gasteiger partial charge >= 0.3 is 0 Å². The second kappa shape index (κ2) is 4.79. The average Bonchev–Trinajstić information content (AvgIpc) is 2.20. The van der Waals surface area contributed by atoms with Crippen LogP contribution in [0.25, 0.3) is 0 Å². The van der Waals surface area contributed by atoms with E-state index in [1.807, 2.05) is 0 Å². The highest BCUT2D eigenvalue weighted by molar-refractivity contribution is 5.34. The Balaban J connectivity index is 2.93. The standard InChI is InChI=1S/C11H14O3/c1-2-8(7-12)11(14)9-5-3-4-6-10(9)13/h2-6,8,11-14H,1,7H2/t8-,11+/m1/s1. The molecule has 0 saturated heterocycles. The van der Waals surface area contributed by atoms with Crippen LogP contribution in [-0.2, 0) is 0 Å². The number of rotatable bonds is 4. The molecule has 0 heterocycles. The van der Waals surface area contributed by atoms with E-state index >= 15 is 0 Å². The van der Waals surface area contributed by atoms with Crippen molar-refractivity contribution in [3.8, 4) is 5.75 Å². The van der Waals surface area contributed by atoms with Crippen molar-refractivity contribution < 1.29 is 15.3 Å². The third kappa shape index (κ3) is 2.13. The molecule has 0 bridgehead atoms. The molecule has 0 radical (unpaired) electrons. The molecule has 3 N–H and O–H groups in total. The molecule has 0 fully saturated rings. The van der Waals surface area contributed by atoms with Crippen molar-refractivity contribution in [2.75, 3.05) is 6.61 Å². The summed E-state index contributed by atoms with van der Waals surface area (Å²) in [6.45, 7) is 3.31. The van der Waals surface area contributed by atoms with E-state index in [-0.39, 0.29) is 12.4 Å². The molecular weight excluding hydrogens is 180 g/mol. The van der Waals surface area contributed by atoms with E-state index in [1.165, 1.54) is 12.1 Å². The number of aromatic hydroxyl groups is 1. The molecule has 1 aromatic carbocycles. The minimum absolute atomic E-state index is 0.0281. The van der Waals surface area contributed by atoms with Gasteiger partial charge in [0.15, 0.2) is 0 Å². The van der Waals surface area contributed by atoms with Gasteiger partial charge in [0, 0.05) is 11.5 Å². The van der Waals surface area contributed by atoms with Crippen LogP contribution in [0.15, 0.2) is 36.9 Å². The van der Waals surface area contributed by atoms with Crippen molar-refractivity contribution in [1.29, 1.82) is 0 Å². The Morgan fingerprint density at radius 1 is 1.36 bits per heavy atom. The largest absolute Gasteiger partial charge is 0.508 e. The Morgan fingerprint density at radius 3 is 2.50 bits per heavy atom. The van der Waals surface area contributed by atoms with E-state index in [9.17, 15) is 10.2 Å². The summed E-state index contributed by atoms with van der Waals surface area (Å²) in [6.07, 6.45) is 0.551. The molecule has 3 heteroatoms. The van der Waals surface area contributed by atoms with Crippen molar-refractivity contribution in [1.82, 2.24) is 0 Å². The third-order valence-electron chi connectivity index (χ3n) is 2.17. The van der Waals surface area contributed by atoms with Crippen molar-refractivity contribution >= 4 is 0 Å². The SMILES string of the molecule is C=C[C@H](CO)[C@H](O)c1ccccc1O. The molecule has 0 amide bonds. The van der Waals surface area contributed by atoms with Crippen LogP contribution in [-0.4, -0.2) is 21.9 Å². The Bertz CT molecular complexity index is 309. The van der Waals surface area contributed by atoms with Gasteiger partial charge in [0.1, 0.15) is 5.75 Å². The Hall–Kier alpha value is -1.32.